The largest absolute Gasteiger partial charge is 0.393 e. The number of hydrogen-bond donors (Lipinski definition) is 2. The van der Waals surface area contributed by atoms with Gasteiger partial charge in [-0.25, -0.2) is 9.50 Å². The van der Waals surface area contributed by atoms with Gasteiger partial charge in [0.25, 0.3) is 0 Å². The van der Waals surface area contributed by atoms with Crippen LogP contribution in [-0.4, -0.2) is 66.0 Å². The first kappa shape index (κ1) is 18.2. The van der Waals surface area contributed by atoms with Gasteiger partial charge in [0.1, 0.15) is 5.82 Å². The minimum Gasteiger partial charge on any atom is -0.393 e. The molecule has 0 aromatic carbocycles. The third-order valence-corrected chi connectivity index (χ3v) is 5.18. The van der Waals surface area contributed by atoms with Gasteiger partial charge in [0.2, 0.25) is 0 Å². The predicted octanol–water partition coefficient (Wildman–Crippen LogP) is 2.36. The quantitative estimate of drug-likeness (QED) is 0.670. The van der Waals surface area contributed by atoms with Crippen molar-refractivity contribution >= 4 is 23.1 Å². The average Bonchev–Trinajstić information content (AvgIpc) is 3.21. The molecule has 0 saturated carbocycles. The molecule has 2 N–H and O–H groups in total. The summed E-state index contributed by atoms with van der Waals surface area (Å²) in [4.78, 5) is 9.40. The average molecular weight is 375 g/mol. The van der Waals surface area contributed by atoms with Crippen LogP contribution >= 0.6 is 0 Å². The fourth-order valence-corrected chi connectivity index (χ4v) is 3.55. The second-order valence-electron chi connectivity index (χ2n) is 7.03. The van der Waals surface area contributed by atoms with Crippen LogP contribution in [0.25, 0.3) is 22.2 Å². The van der Waals surface area contributed by atoms with E-state index in [0.29, 0.717) is 0 Å². The van der Waals surface area contributed by atoms with Gasteiger partial charge < -0.3 is 20.5 Å². The van der Waals surface area contributed by atoms with E-state index in [1.165, 1.54) is 6.21 Å². The van der Waals surface area contributed by atoms with Crippen LogP contribution in [0.5, 0.6) is 0 Å². The van der Waals surface area contributed by atoms with Gasteiger partial charge in [-0.1, -0.05) is 0 Å². The zero-order chi connectivity index (χ0) is 19.5. The summed E-state index contributed by atoms with van der Waals surface area (Å²) in [5, 5.41) is 15.1. The molecule has 0 unspecified atom stereocenters. The highest BCUT2D eigenvalue weighted by molar-refractivity contribution is 6.08. The molecule has 7 nitrogen and oxygen atoms in total. The summed E-state index contributed by atoms with van der Waals surface area (Å²) in [5.74, 6) is 1.02. The number of rotatable bonds is 5. The van der Waals surface area contributed by atoms with Crippen LogP contribution in [0.3, 0.4) is 0 Å². The molecule has 4 rings (SSSR count). The molecule has 0 atom stereocenters. The van der Waals surface area contributed by atoms with Crippen LogP contribution < -0.4 is 10.2 Å². The van der Waals surface area contributed by atoms with Crippen molar-refractivity contribution in [1.29, 1.82) is 5.41 Å². The summed E-state index contributed by atoms with van der Waals surface area (Å²) in [6.45, 7) is 4.13. The molecule has 0 amide bonds. The molecule has 0 bridgehead atoms. The molecular weight excluding hydrogens is 350 g/mol. The lowest BCUT2D eigenvalue weighted by Crippen LogP contribution is -2.44. The summed E-state index contributed by atoms with van der Waals surface area (Å²) < 4.78 is 1.85. The summed E-state index contributed by atoms with van der Waals surface area (Å²) in [6.07, 6.45) is 8.83. The van der Waals surface area contributed by atoms with Gasteiger partial charge in [0.15, 0.2) is 0 Å². The minimum absolute atomic E-state index is 0.795. The highest BCUT2D eigenvalue weighted by Gasteiger charge is 2.16. The second kappa shape index (κ2) is 7.82. The summed E-state index contributed by atoms with van der Waals surface area (Å²) >= 11 is 0. The van der Waals surface area contributed by atoms with Crippen LogP contribution in [0.2, 0.25) is 0 Å². The molecule has 1 fully saturated rings. The lowest BCUT2D eigenvalue weighted by atomic mass is 10.0. The Labute approximate surface area is 164 Å². The van der Waals surface area contributed by atoms with Gasteiger partial charge in [-0.15, -0.1) is 0 Å². The predicted molar refractivity (Wildman–Crippen MR) is 114 cm³/mol. The SMILES string of the molecule is CN/C=C(\C=N)c1cc(-c2ccc(N3CCN(C)CC3)nc2)c2ccnn2c1. The number of likely N-dealkylation sites (N-methyl/N-ethyl adjacent to an activating group) is 1. The smallest absolute Gasteiger partial charge is 0.128 e. The van der Waals surface area contributed by atoms with Crippen molar-refractivity contribution in [2.75, 3.05) is 45.2 Å². The van der Waals surface area contributed by atoms with Crippen molar-refractivity contribution in [3.05, 3.63) is 54.6 Å². The Balaban J connectivity index is 1.71. The van der Waals surface area contributed by atoms with E-state index in [4.69, 9.17) is 10.4 Å². The molecule has 1 aliphatic rings. The van der Waals surface area contributed by atoms with Gasteiger partial charge in [0.05, 0.1) is 5.52 Å². The third-order valence-electron chi connectivity index (χ3n) is 5.18. The highest BCUT2D eigenvalue weighted by atomic mass is 15.3. The number of aromatic nitrogens is 3. The Bertz CT molecular complexity index is 995. The number of fused-ring (bicyclic) bond motifs is 1. The van der Waals surface area contributed by atoms with Gasteiger partial charge in [-0.3, -0.25) is 0 Å². The first-order chi connectivity index (χ1) is 13.7. The zero-order valence-electron chi connectivity index (χ0n) is 16.3. The maximum Gasteiger partial charge on any atom is 0.128 e. The van der Waals surface area contributed by atoms with E-state index in [-0.39, 0.29) is 0 Å². The normalized spacial score (nSPS) is 15.8. The number of nitrogens with zero attached hydrogens (tertiary/aromatic N) is 5. The molecule has 3 aromatic rings. The zero-order valence-corrected chi connectivity index (χ0v) is 16.3. The Morgan fingerprint density at radius 1 is 1.18 bits per heavy atom. The van der Waals surface area contributed by atoms with Crippen LogP contribution in [-0.2, 0) is 0 Å². The molecule has 28 heavy (non-hydrogen) atoms. The fourth-order valence-electron chi connectivity index (χ4n) is 3.55. The van der Waals surface area contributed by atoms with E-state index in [2.05, 4.69) is 45.5 Å². The van der Waals surface area contributed by atoms with Crippen LogP contribution in [0.4, 0.5) is 5.82 Å². The number of anilines is 1. The maximum absolute atomic E-state index is 7.72. The van der Waals surface area contributed by atoms with E-state index < -0.39 is 0 Å². The molecule has 0 radical (unpaired) electrons. The lowest BCUT2D eigenvalue weighted by molar-refractivity contribution is 0.312. The number of nitrogens with one attached hydrogen (secondary N) is 2. The Kier molecular flexibility index (Phi) is 5.08. The van der Waals surface area contributed by atoms with E-state index >= 15 is 0 Å². The van der Waals surface area contributed by atoms with Crippen LogP contribution in [0.1, 0.15) is 5.56 Å². The van der Waals surface area contributed by atoms with Gasteiger partial charge >= 0.3 is 0 Å². The first-order valence-corrected chi connectivity index (χ1v) is 9.45. The van der Waals surface area contributed by atoms with Crippen molar-refractivity contribution < 1.29 is 0 Å². The molecule has 144 valence electrons. The first-order valence-electron chi connectivity index (χ1n) is 9.45. The molecule has 0 spiro atoms. The van der Waals surface area contributed by atoms with E-state index in [1.54, 1.807) is 6.20 Å². The third kappa shape index (κ3) is 3.48. The van der Waals surface area contributed by atoms with Crippen LogP contribution in [0, 0.1) is 5.41 Å². The summed E-state index contributed by atoms with van der Waals surface area (Å²) in [5.41, 5.74) is 4.84. The number of hydrogen-bond acceptors (Lipinski definition) is 6. The maximum atomic E-state index is 7.72. The summed E-state index contributed by atoms with van der Waals surface area (Å²) in [7, 11) is 3.99. The van der Waals surface area contributed by atoms with Crippen molar-refractivity contribution in [2.45, 2.75) is 0 Å². The number of allylic oxidation sites excluding steroid dienone is 1. The molecule has 3 aromatic heterocycles. The molecule has 0 aliphatic carbocycles. The monoisotopic (exact) mass is 375 g/mol. The van der Waals surface area contributed by atoms with E-state index in [9.17, 15) is 0 Å². The Morgan fingerprint density at radius 2 is 2.00 bits per heavy atom. The van der Waals surface area contributed by atoms with Gasteiger partial charge in [-0.2, -0.15) is 5.10 Å². The van der Waals surface area contributed by atoms with Crippen molar-refractivity contribution in [2.24, 2.45) is 0 Å². The highest BCUT2D eigenvalue weighted by Crippen LogP contribution is 2.28. The lowest BCUT2D eigenvalue weighted by Gasteiger charge is -2.33. The number of piperazine rings is 1. The molecule has 1 saturated heterocycles. The second-order valence-corrected chi connectivity index (χ2v) is 7.03. The molecule has 4 heterocycles. The minimum atomic E-state index is 0.795. The van der Waals surface area contributed by atoms with E-state index in [0.717, 1.165) is 59.8 Å². The van der Waals surface area contributed by atoms with E-state index in [1.807, 2.05) is 36.2 Å². The molecular formula is C21H25N7. The summed E-state index contributed by atoms with van der Waals surface area (Å²) in [6, 6.07) is 8.32. The fraction of sp³-hybridized carbons (Fsp3) is 0.286. The van der Waals surface area contributed by atoms with Crippen molar-refractivity contribution in [1.82, 2.24) is 24.8 Å². The topological polar surface area (TPSA) is 72.6 Å². The number of pyridine rings is 2. The molecule has 1 aliphatic heterocycles. The van der Waals surface area contributed by atoms with Gasteiger partial charge in [0, 0.05) is 86.5 Å². The van der Waals surface area contributed by atoms with Crippen molar-refractivity contribution in [3.8, 4) is 11.1 Å². The Hall–Kier alpha value is -3.19. The molecule has 7 heteroatoms. The Morgan fingerprint density at radius 3 is 2.68 bits per heavy atom. The standard InChI is InChI=1S/C21H25N7/c1-23-13-18(12-22)17-11-19(20-5-6-25-28(20)15-17)16-3-4-21(24-14-16)27-9-7-26(2)8-10-27/h3-6,11-15,22-23H,7-10H2,1-2H3/b18-13+,22-12?. The van der Waals surface area contributed by atoms with Crippen molar-refractivity contribution in [3.63, 3.8) is 0 Å². The van der Waals surface area contributed by atoms with Crippen LogP contribution in [0.15, 0.2) is 49.1 Å². The van der Waals surface area contributed by atoms with Gasteiger partial charge in [-0.05, 0) is 31.3 Å².